The second kappa shape index (κ2) is 11.4. The summed E-state index contributed by atoms with van der Waals surface area (Å²) in [5.41, 5.74) is 0. The molecule has 0 bridgehead atoms. The van der Waals surface area contributed by atoms with Crippen molar-refractivity contribution in [1.29, 1.82) is 0 Å². The van der Waals surface area contributed by atoms with Gasteiger partial charge in [0.15, 0.2) is 0 Å². The standard InChI is InChI=1S/C7H9NO5S.C6H8N2O2S/c9-5-1-2-6(10)8(5)13-7(11)12-3-4-14;9-6(10-3-4-11)8-2-1-7-5-8/h14H,1-4H2;1-2,5,11H,3-4H2. The van der Waals surface area contributed by atoms with Gasteiger partial charge in [0.1, 0.15) is 19.5 Å². The van der Waals surface area contributed by atoms with Crippen molar-refractivity contribution in [2.45, 2.75) is 12.8 Å². The molecule has 138 valence electrons. The zero-order chi connectivity index (χ0) is 18.7. The Bertz CT molecular complexity index is 578. The predicted molar refractivity (Wildman–Crippen MR) is 90.2 cm³/mol. The van der Waals surface area contributed by atoms with Gasteiger partial charge in [-0.1, -0.05) is 5.06 Å². The molecular weight excluding hydrogens is 374 g/mol. The Morgan fingerprint density at radius 1 is 1.08 bits per heavy atom. The summed E-state index contributed by atoms with van der Waals surface area (Å²) in [4.78, 5) is 51.7. The fourth-order valence-corrected chi connectivity index (χ4v) is 1.64. The first kappa shape index (κ1) is 20.8. The van der Waals surface area contributed by atoms with Gasteiger partial charge in [-0.25, -0.2) is 19.1 Å². The smallest absolute Gasteiger partial charge is 0.448 e. The van der Waals surface area contributed by atoms with E-state index < -0.39 is 24.1 Å². The summed E-state index contributed by atoms with van der Waals surface area (Å²) in [5, 5.41) is 0.431. The lowest BCUT2D eigenvalue weighted by molar-refractivity contribution is -0.176. The van der Waals surface area contributed by atoms with E-state index in [-0.39, 0.29) is 19.4 Å². The van der Waals surface area contributed by atoms with Crippen LogP contribution in [0.3, 0.4) is 0 Å². The van der Waals surface area contributed by atoms with Crippen LogP contribution in [0.4, 0.5) is 9.59 Å². The van der Waals surface area contributed by atoms with Crippen LogP contribution < -0.4 is 0 Å². The molecule has 10 nitrogen and oxygen atoms in total. The Kier molecular flexibility index (Phi) is 9.47. The topological polar surface area (TPSA) is 117 Å². The first-order valence-electron chi connectivity index (χ1n) is 7.07. The first-order valence-corrected chi connectivity index (χ1v) is 8.33. The third-order valence-electron chi connectivity index (χ3n) is 2.51. The summed E-state index contributed by atoms with van der Waals surface area (Å²) in [6.07, 6.45) is 3.08. The largest absolute Gasteiger partial charge is 0.533 e. The van der Waals surface area contributed by atoms with E-state index in [4.69, 9.17) is 4.74 Å². The predicted octanol–water partition coefficient (Wildman–Crippen LogP) is 0.931. The van der Waals surface area contributed by atoms with Crippen LogP contribution in [0.1, 0.15) is 12.8 Å². The number of amides is 2. The summed E-state index contributed by atoms with van der Waals surface area (Å²) >= 11 is 7.69. The molecule has 0 atom stereocenters. The molecule has 12 heteroatoms. The van der Waals surface area contributed by atoms with E-state index in [2.05, 4.69) is 39.8 Å². The number of carbonyl (C=O) groups is 4. The Hall–Kier alpha value is -2.21. The molecular formula is C13H17N3O7S2. The number of imidazole rings is 1. The van der Waals surface area contributed by atoms with Crippen molar-refractivity contribution in [3.05, 3.63) is 18.7 Å². The van der Waals surface area contributed by atoms with Gasteiger partial charge in [-0.3, -0.25) is 14.4 Å². The zero-order valence-electron chi connectivity index (χ0n) is 13.1. The van der Waals surface area contributed by atoms with Gasteiger partial charge in [0.2, 0.25) is 0 Å². The molecule has 2 rings (SSSR count). The minimum absolute atomic E-state index is 0.0676. The van der Waals surface area contributed by atoms with E-state index in [0.717, 1.165) is 0 Å². The lowest BCUT2D eigenvalue weighted by Gasteiger charge is -2.11. The Morgan fingerprint density at radius 2 is 1.68 bits per heavy atom. The molecule has 0 radical (unpaired) electrons. The molecule has 1 saturated heterocycles. The molecule has 2 heterocycles. The summed E-state index contributed by atoms with van der Waals surface area (Å²) < 4.78 is 10.5. The van der Waals surface area contributed by atoms with E-state index in [1.54, 1.807) is 0 Å². The third-order valence-corrected chi connectivity index (χ3v) is 2.88. The molecule has 0 unspecified atom stereocenters. The SMILES string of the molecule is O=C(OCCS)ON1C(=O)CCC1=O.O=C(OCCS)n1ccnc1. The number of imide groups is 1. The van der Waals surface area contributed by atoms with E-state index in [0.29, 0.717) is 23.2 Å². The van der Waals surface area contributed by atoms with Gasteiger partial charge in [-0.2, -0.15) is 25.3 Å². The van der Waals surface area contributed by atoms with Crippen molar-refractivity contribution in [2.75, 3.05) is 24.7 Å². The van der Waals surface area contributed by atoms with Gasteiger partial charge in [0.05, 0.1) is 0 Å². The van der Waals surface area contributed by atoms with E-state index in [1.165, 1.54) is 23.3 Å². The van der Waals surface area contributed by atoms with Crippen LogP contribution in [-0.2, 0) is 23.9 Å². The van der Waals surface area contributed by atoms with Crippen LogP contribution in [-0.4, -0.2) is 63.4 Å². The minimum atomic E-state index is -1.07. The van der Waals surface area contributed by atoms with Crippen LogP contribution in [0.5, 0.6) is 0 Å². The number of rotatable bonds is 5. The highest BCUT2D eigenvalue weighted by molar-refractivity contribution is 7.80. The molecule has 1 fully saturated rings. The monoisotopic (exact) mass is 391 g/mol. The number of ether oxygens (including phenoxy) is 2. The van der Waals surface area contributed by atoms with E-state index in [9.17, 15) is 19.2 Å². The van der Waals surface area contributed by atoms with Crippen molar-refractivity contribution < 1.29 is 33.5 Å². The lowest BCUT2D eigenvalue weighted by Crippen LogP contribution is -2.32. The average molecular weight is 391 g/mol. The highest BCUT2D eigenvalue weighted by atomic mass is 32.1. The number of thiol groups is 2. The van der Waals surface area contributed by atoms with Gasteiger partial charge in [-0.15, -0.1) is 0 Å². The molecule has 0 N–H and O–H groups in total. The number of aromatic nitrogens is 2. The number of nitrogens with zero attached hydrogens (tertiary/aromatic N) is 3. The maximum Gasteiger partial charge on any atom is 0.533 e. The quantitative estimate of drug-likeness (QED) is 0.433. The normalized spacial score (nSPS) is 13.1. The van der Waals surface area contributed by atoms with Crippen molar-refractivity contribution in [2.24, 2.45) is 0 Å². The van der Waals surface area contributed by atoms with Crippen LogP contribution in [0.25, 0.3) is 0 Å². The van der Waals surface area contributed by atoms with Gasteiger partial charge in [0.25, 0.3) is 11.8 Å². The lowest BCUT2D eigenvalue weighted by atomic mass is 10.4. The molecule has 1 aromatic rings. The maximum atomic E-state index is 11.0. The number of carbonyl (C=O) groups excluding carboxylic acids is 4. The third kappa shape index (κ3) is 7.47. The molecule has 1 aliphatic rings. The van der Waals surface area contributed by atoms with Crippen molar-refractivity contribution in [1.82, 2.24) is 14.6 Å². The Morgan fingerprint density at radius 3 is 2.20 bits per heavy atom. The fraction of sp³-hybridized carbons (Fsp3) is 0.462. The molecule has 0 aliphatic carbocycles. The van der Waals surface area contributed by atoms with E-state index in [1.807, 2.05) is 0 Å². The van der Waals surface area contributed by atoms with Crippen LogP contribution in [0, 0.1) is 0 Å². The van der Waals surface area contributed by atoms with Crippen molar-refractivity contribution in [3.8, 4) is 0 Å². The number of hydroxylamine groups is 2. The number of hydrogen-bond donors (Lipinski definition) is 2. The highest BCUT2D eigenvalue weighted by Crippen LogP contribution is 2.12. The molecule has 1 aliphatic heterocycles. The Labute approximate surface area is 154 Å². The average Bonchev–Trinajstić information content (AvgIpc) is 3.24. The Balaban J connectivity index is 0.000000257. The molecule has 1 aromatic heterocycles. The maximum absolute atomic E-state index is 11.0. The van der Waals surface area contributed by atoms with Crippen LogP contribution in [0.15, 0.2) is 18.7 Å². The summed E-state index contributed by atoms with van der Waals surface area (Å²) in [5.74, 6) is -0.187. The van der Waals surface area contributed by atoms with E-state index >= 15 is 0 Å². The molecule has 0 aromatic carbocycles. The van der Waals surface area contributed by atoms with Gasteiger partial charge < -0.3 is 9.47 Å². The second-order valence-corrected chi connectivity index (χ2v) is 5.20. The molecule has 0 saturated carbocycles. The van der Waals surface area contributed by atoms with Gasteiger partial charge in [0, 0.05) is 36.7 Å². The number of hydrogen-bond acceptors (Lipinski definition) is 10. The van der Waals surface area contributed by atoms with Crippen molar-refractivity contribution >= 4 is 49.3 Å². The zero-order valence-corrected chi connectivity index (χ0v) is 14.9. The second-order valence-electron chi connectivity index (χ2n) is 4.30. The van der Waals surface area contributed by atoms with Crippen LogP contribution in [0.2, 0.25) is 0 Å². The molecule has 25 heavy (non-hydrogen) atoms. The first-order chi connectivity index (χ1) is 12.0. The molecule has 2 amide bonds. The van der Waals surface area contributed by atoms with Crippen molar-refractivity contribution in [3.63, 3.8) is 0 Å². The minimum Gasteiger partial charge on any atom is -0.448 e. The fourth-order valence-electron chi connectivity index (χ4n) is 1.46. The molecule has 0 spiro atoms. The summed E-state index contributed by atoms with van der Waals surface area (Å²) in [6, 6.07) is 0. The van der Waals surface area contributed by atoms with Gasteiger partial charge >= 0.3 is 12.2 Å². The summed E-state index contributed by atoms with van der Waals surface area (Å²) in [6.45, 7) is 0.387. The highest BCUT2D eigenvalue weighted by Gasteiger charge is 2.33. The van der Waals surface area contributed by atoms with Crippen LogP contribution >= 0.6 is 25.3 Å². The summed E-state index contributed by atoms with van der Waals surface area (Å²) in [7, 11) is 0. The van der Waals surface area contributed by atoms with Gasteiger partial charge in [-0.05, 0) is 0 Å².